The number of rotatable bonds is 1. The lowest BCUT2D eigenvalue weighted by molar-refractivity contribution is -0.327. The maximum atomic E-state index is 6.51. The van der Waals surface area contributed by atoms with E-state index in [0.717, 1.165) is 11.2 Å². The summed E-state index contributed by atoms with van der Waals surface area (Å²) in [6, 6.07) is 3.82. The van der Waals surface area contributed by atoms with Crippen molar-refractivity contribution in [2.45, 2.75) is 63.2 Å². The van der Waals surface area contributed by atoms with Gasteiger partial charge in [-0.2, -0.15) is 5.10 Å². The summed E-state index contributed by atoms with van der Waals surface area (Å²) in [5.41, 5.74) is 6.78. The highest BCUT2D eigenvalue weighted by Gasteiger charge is 2.65. The molecule has 5 heterocycles. The molecule has 1 spiro atoms. The van der Waals surface area contributed by atoms with Crippen LogP contribution >= 0.6 is 0 Å². The Hall–Kier alpha value is -1.78. The van der Waals surface area contributed by atoms with Gasteiger partial charge in [0, 0.05) is 0 Å². The molecule has 9 heteroatoms. The maximum Gasteiger partial charge on any atom is 0.164 e. The summed E-state index contributed by atoms with van der Waals surface area (Å²) < 4.78 is 32.5. The lowest BCUT2D eigenvalue weighted by atomic mass is 9.94. The second-order valence-corrected chi connectivity index (χ2v) is 8.30. The number of nitrogens with zero attached hydrogens (tertiary/aromatic N) is 3. The number of aromatic nitrogens is 3. The summed E-state index contributed by atoms with van der Waals surface area (Å²) in [6.45, 7) is 8.30. The third-order valence-corrected chi connectivity index (χ3v) is 5.44. The first-order valence-corrected chi connectivity index (χ1v) is 9.09. The molecule has 3 saturated heterocycles. The van der Waals surface area contributed by atoms with Crippen LogP contribution in [0.5, 0.6) is 0 Å². The van der Waals surface area contributed by atoms with E-state index in [-0.39, 0.29) is 12.2 Å². The first-order chi connectivity index (χ1) is 12.7. The standard InChI is InChI=1S/C18H24N4O5/c1-16(2)23-7-18(8-24-16)14-13(25-17(3,4)27-14)12(26-18)10-5-6-11-15(19)20-9-21-22(10)11/h5-6,9,12-14H,7-8H2,1-4H3,(H2,19,20,21)/t12-,13-,14-/m0/s1. The van der Waals surface area contributed by atoms with Gasteiger partial charge in [0.25, 0.3) is 0 Å². The van der Waals surface area contributed by atoms with Crippen LogP contribution in [0, 0.1) is 0 Å². The molecule has 0 aromatic carbocycles. The summed E-state index contributed by atoms with van der Waals surface area (Å²) >= 11 is 0. The molecule has 0 unspecified atom stereocenters. The second-order valence-electron chi connectivity index (χ2n) is 8.30. The van der Waals surface area contributed by atoms with Crippen molar-refractivity contribution in [3.8, 4) is 0 Å². The van der Waals surface area contributed by atoms with Crippen molar-refractivity contribution in [1.29, 1.82) is 0 Å². The summed E-state index contributed by atoms with van der Waals surface area (Å²) in [5.74, 6) is -0.963. The predicted molar refractivity (Wildman–Crippen MR) is 93.8 cm³/mol. The molecule has 5 rings (SSSR count). The van der Waals surface area contributed by atoms with E-state index in [9.17, 15) is 0 Å². The predicted octanol–water partition coefficient (Wildman–Crippen LogP) is 1.42. The molecule has 3 fully saturated rings. The third kappa shape index (κ3) is 2.57. The molecule has 9 nitrogen and oxygen atoms in total. The molecule has 3 atom stereocenters. The van der Waals surface area contributed by atoms with Gasteiger partial charge >= 0.3 is 0 Å². The number of nitrogens with two attached hydrogens (primary N) is 1. The molecule has 2 N–H and O–H groups in total. The molecule has 3 aliphatic rings. The summed E-state index contributed by atoms with van der Waals surface area (Å²) in [7, 11) is 0. The Morgan fingerprint density at radius 2 is 1.78 bits per heavy atom. The van der Waals surface area contributed by atoms with Gasteiger partial charge in [-0.25, -0.2) is 9.50 Å². The molecule has 0 amide bonds. The molecule has 146 valence electrons. The number of nitrogen functional groups attached to an aromatic ring is 1. The molecular formula is C18H24N4O5. The van der Waals surface area contributed by atoms with E-state index >= 15 is 0 Å². The van der Waals surface area contributed by atoms with Crippen LogP contribution in [0.1, 0.15) is 39.5 Å². The summed E-state index contributed by atoms with van der Waals surface area (Å²) in [4.78, 5) is 4.05. The van der Waals surface area contributed by atoms with Crippen molar-refractivity contribution in [3.63, 3.8) is 0 Å². The topological polar surface area (TPSA) is 102 Å². The highest BCUT2D eigenvalue weighted by molar-refractivity contribution is 5.65. The normalized spacial score (nSPS) is 33.6. The van der Waals surface area contributed by atoms with Crippen LogP contribution in [0.4, 0.5) is 5.82 Å². The van der Waals surface area contributed by atoms with Crippen LogP contribution in [0.25, 0.3) is 5.52 Å². The fraction of sp³-hybridized carbons (Fsp3) is 0.667. The highest BCUT2D eigenvalue weighted by atomic mass is 16.8. The van der Waals surface area contributed by atoms with Gasteiger partial charge in [-0.15, -0.1) is 0 Å². The Morgan fingerprint density at radius 1 is 1.04 bits per heavy atom. The van der Waals surface area contributed by atoms with Crippen molar-refractivity contribution in [2.75, 3.05) is 18.9 Å². The Balaban J connectivity index is 1.56. The SMILES string of the molecule is CC1(C)OCC2(CO1)O[C@@H](c1ccc3c(N)ncnn13)[C@@H]1OC(C)(C)O[C@@H]12. The monoisotopic (exact) mass is 376 g/mol. The fourth-order valence-corrected chi connectivity index (χ4v) is 4.13. The summed E-state index contributed by atoms with van der Waals surface area (Å²) in [6.07, 6.45) is 0.391. The van der Waals surface area contributed by atoms with Gasteiger partial charge in [-0.3, -0.25) is 0 Å². The van der Waals surface area contributed by atoms with Crippen molar-refractivity contribution in [3.05, 3.63) is 24.2 Å². The minimum absolute atomic E-state index is 0.317. The van der Waals surface area contributed by atoms with E-state index in [1.165, 1.54) is 6.33 Å². The highest BCUT2D eigenvalue weighted by Crippen LogP contribution is 2.51. The molecule has 0 bridgehead atoms. The first-order valence-electron chi connectivity index (χ1n) is 9.09. The first kappa shape index (κ1) is 17.3. The number of hydrogen-bond acceptors (Lipinski definition) is 8. The molecule has 27 heavy (non-hydrogen) atoms. The van der Waals surface area contributed by atoms with E-state index < -0.39 is 23.3 Å². The number of hydrogen-bond donors (Lipinski definition) is 1. The van der Waals surface area contributed by atoms with E-state index in [1.807, 2.05) is 39.8 Å². The van der Waals surface area contributed by atoms with E-state index in [2.05, 4.69) is 10.1 Å². The van der Waals surface area contributed by atoms with E-state index in [1.54, 1.807) is 4.52 Å². The molecule has 2 aromatic rings. The maximum absolute atomic E-state index is 6.51. The second kappa shape index (κ2) is 5.39. The Labute approximate surface area is 156 Å². The van der Waals surface area contributed by atoms with Crippen LogP contribution in [0.2, 0.25) is 0 Å². The van der Waals surface area contributed by atoms with Crippen LogP contribution in [-0.2, 0) is 23.7 Å². The van der Waals surface area contributed by atoms with Crippen LogP contribution in [-0.4, -0.2) is 57.2 Å². The van der Waals surface area contributed by atoms with Gasteiger partial charge in [0.2, 0.25) is 0 Å². The van der Waals surface area contributed by atoms with Crippen LogP contribution in [0.3, 0.4) is 0 Å². The molecule has 3 aliphatic heterocycles. The number of ether oxygens (including phenoxy) is 5. The Bertz CT molecular complexity index is 885. The van der Waals surface area contributed by atoms with Gasteiger partial charge in [0.1, 0.15) is 35.8 Å². The molecule has 0 radical (unpaired) electrons. The lowest BCUT2D eigenvalue weighted by Gasteiger charge is -2.43. The minimum Gasteiger partial charge on any atom is -0.382 e. The molecule has 0 aliphatic carbocycles. The minimum atomic E-state index is -0.749. The zero-order valence-corrected chi connectivity index (χ0v) is 15.8. The van der Waals surface area contributed by atoms with Gasteiger partial charge in [-0.1, -0.05) is 0 Å². The number of anilines is 1. The molecular weight excluding hydrogens is 352 g/mol. The largest absolute Gasteiger partial charge is 0.382 e. The van der Waals surface area contributed by atoms with Gasteiger partial charge < -0.3 is 29.4 Å². The fourth-order valence-electron chi connectivity index (χ4n) is 4.13. The van der Waals surface area contributed by atoms with Gasteiger partial charge in [-0.05, 0) is 39.8 Å². The quantitative estimate of drug-likeness (QED) is 0.797. The van der Waals surface area contributed by atoms with Crippen LogP contribution < -0.4 is 5.73 Å². The third-order valence-electron chi connectivity index (χ3n) is 5.44. The average Bonchev–Trinajstić information content (AvgIpc) is 3.23. The van der Waals surface area contributed by atoms with Gasteiger partial charge in [0.05, 0.1) is 18.9 Å². The zero-order chi connectivity index (χ0) is 19.0. The summed E-state index contributed by atoms with van der Waals surface area (Å²) in [5, 5.41) is 4.34. The molecule has 2 aromatic heterocycles. The van der Waals surface area contributed by atoms with Crippen molar-refractivity contribution in [1.82, 2.24) is 14.6 Å². The zero-order valence-electron chi connectivity index (χ0n) is 15.8. The van der Waals surface area contributed by atoms with Crippen molar-refractivity contribution in [2.24, 2.45) is 0 Å². The average molecular weight is 376 g/mol. The Morgan fingerprint density at radius 3 is 2.52 bits per heavy atom. The van der Waals surface area contributed by atoms with E-state index in [4.69, 9.17) is 29.4 Å². The lowest BCUT2D eigenvalue weighted by Crippen LogP contribution is -2.57. The Kier molecular flexibility index (Phi) is 3.46. The number of fused-ring (bicyclic) bond motifs is 3. The smallest absolute Gasteiger partial charge is 0.164 e. The molecule has 0 saturated carbocycles. The van der Waals surface area contributed by atoms with Gasteiger partial charge in [0.15, 0.2) is 17.4 Å². The van der Waals surface area contributed by atoms with Crippen molar-refractivity contribution < 1.29 is 23.7 Å². The van der Waals surface area contributed by atoms with Crippen LogP contribution in [0.15, 0.2) is 18.5 Å². The van der Waals surface area contributed by atoms with Crippen molar-refractivity contribution >= 4 is 11.3 Å². The van der Waals surface area contributed by atoms with E-state index in [0.29, 0.717) is 19.0 Å².